The van der Waals surface area contributed by atoms with Gasteiger partial charge in [0.2, 0.25) is 21.8 Å². The highest BCUT2D eigenvalue weighted by molar-refractivity contribution is 7.92. The van der Waals surface area contributed by atoms with Crippen LogP contribution in [-0.2, 0) is 32.6 Å². The van der Waals surface area contributed by atoms with Gasteiger partial charge in [-0.25, -0.2) is 8.42 Å². The molecule has 0 bridgehead atoms. The highest BCUT2D eigenvalue weighted by Crippen LogP contribution is 2.27. The van der Waals surface area contributed by atoms with Gasteiger partial charge in [0, 0.05) is 29.1 Å². The van der Waals surface area contributed by atoms with E-state index >= 15 is 0 Å². The van der Waals surface area contributed by atoms with Crippen LogP contribution in [0.5, 0.6) is 0 Å². The third-order valence-corrected chi connectivity index (χ3v) is 9.34. The molecular weight excluding hydrogens is 593 g/mol. The summed E-state index contributed by atoms with van der Waals surface area (Å²) in [6.45, 7) is 3.25. The summed E-state index contributed by atoms with van der Waals surface area (Å²) in [5, 5.41) is 3.95. The molecule has 10 heteroatoms. The lowest BCUT2D eigenvalue weighted by molar-refractivity contribution is -0.140. The number of hydrogen-bond donors (Lipinski definition) is 1. The van der Waals surface area contributed by atoms with E-state index in [1.807, 2.05) is 56.3 Å². The van der Waals surface area contributed by atoms with Crippen molar-refractivity contribution in [2.24, 2.45) is 0 Å². The quantitative estimate of drug-likeness (QED) is 0.279. The number of nitrogens with one attached hydrogen (secondary N) is 1. The summed E-state index contributed by atoms with van der Waals surface area (Å²) in [6, 6.07) is 19.0. The highest BCUT2D eigenvalue weighted by atomic mass is 35.5. The molecule has 1 aliphatic rings. The molecule has 3 aromatic carbocycles. The number of carbonyl (C=O) groups excluding carboxylic acids is 2. The Labute approximate surface area is 258 Å². The lowest BCUT2D eigenvalue weighted by atomic mass is 10.0. The van der Waals surface area contributed by atoms with Crippen LogP contribution in [0.25, 0.3) is 0 Å². The van der Waals surface area contributed by atoms with Crippen LogP contribution in [-0.4, -0.2) is 50.0 Å². The fourth-order valence-electron chi connectivity index (χ4n) is 5.43. The standard InChI is InChI=1S/C32H37Cl2N3O4S/c1-22-13-16-29(23(2)17-22)37(42(3,40)41)21-31(38)36(20-25-14-15-26(33)19-28(25)34)30(18-24-9-5-4-6-10-24)32(39)35-27-11-7-8-12-27/h4-6,9-10,13-17,19,27,30H,7-8,11-12,18,20-21H2,1-3H3,(H,35,39)/t30-/m0/s1. The van der Waals surface area contributed by atoms with Gasteiger partial charge < -0.3 is 10.2 Å². The van der Waals surface area contributed by atoms with Crippen LogP contribution in [0, 0.1) is 13.8 Å². The predicted octanol–water partition coefficient (Wildman–Crippen LogP) is 6.08. The highest BCUT2D eigenvalue weighted by Gasteiger charge is 2.34. The van der Waals surface area contributed by atoms with E-state index in [2.05, 4.69) is 5.32 Å². The Morgan fingerprint density at radius 2 is 1.67 bits per heavy atom. The van der Waals surface area contributed by atoms with E-state index in [1.54, 1.807) is 24.3 Å². The summed E-state index contributed by atoms with van der Waals surface area (Å²) in [5.74, 6) is -0.796. The van der Waals surface area contributed by atoms with Gasteiger partial charge in [-0.2, -0.15) is 0 Å². The second kappa shape index (κ2) is 13.9. The van der Waals surface area contributed by atoms with Crippen molar-refractivity contribution in [3.63, 3.8) is 0 Å². The van der Waals surface area contributed by atoms with E-state index in [0.717, 1.165) is 52.9 Å². The molecule has 0 saturated heterocycles. The molecule has 0 spiro atoms. The van der Waals surface area contributed by atoms with Crippen LogP contribution in [0.15, 0.2) is 66.7 Å². The van der Waals surface area contributed by atoms with Crippen LogP contribution in [0.3, 0.4) is 0 Å². The van der Waals surface area contributed by atoms with Crippen molar-refractivity contribution in [2.75, 3.05) is 17.1 Å². The van der Waals surface area contributed by atoms with Gasteiger partial charge in [0.05, 0.1) is 11.9 Å². The van der Waals surface area contributed by atoms with Crippen molar-refractivity contribution in [1.82, 2.24) is 10.2 Å². The maximum Gasteiger partial charge on any atom is 0.244 e. The molecule has 0 aromatic heterocycles. The van der Waals surface area contributed by atoms with E-state index in [9.17, 15) is 18.0 Å². The lowest BCUT2D eigenvalue weighted by Gasteiger charge is -2.34. The van der Waals surface area contributed by atoms with Gasteiger partial charge in [-0.15, -0.1) is 0 Å². The van der Waals surface area contributed by atoms with Gasteiger partial charge in [0.25, 0.3) is 0 Å². The van der Waals surface area contributed by atoms with Gasteiger partial charge >= 0.3 is 0 Å². The maximum atomic E-state index is 14.3. The van der Waals surface area contributed by atoms with Crippen molar-refractivity contribution >= 4 is 50.7 Å². The minimum Gasteiger partial charge on any atom is -0.352 e. The Balaban J connectivity index is 1.76. The van der Waals surface area contributed by atoms with Gasteiger partial charge in [0.1, 0.15) is 12.6 Å². The minimum absolute atomic E-state index is 0.00506. The van der Waals surface area contributed by atoms with Crippen molar-refractivity contribution in [3.05, 3.63) is 99.0 Å². The number of carbonyl (C=O) groups is 2. The molecule has 0 heterocycles. The number of aryl methyl sites for hydroxylation is 2. The number of amides is 2. The molecule has 224 valence electrons. The number of benzene rings is 3. The SMILES string of the molecule is Cc1ccc(N(CC(=O)N(Cc2ccc(Cl)cc2Cl)[C@@H](Cc2ccccc2)C(=O)NC2CCCC2)S(C)(=O)=O)c(C)c1. The second-order valence-electron chi connectivity index (χ2n) is 11.0. The average Bonchev–Trinajstić information content (AvgIpc) is 3.43. The molecule has 1 aliphatic carbocycles. The van der Waals surface area contributed by atoms with Crippen molar-refractivity contribution in [2.45, 2.75) is 64.6 Å². The average molecular weight is 631 g/mol. The Morgan fingerprint density at radius 3 is 2.29 bits per heavy atom. The molecule has 1 saturated carbocycles. The first-order valence-electron chi connectivity index (χ1n) is 14.0. The Morgan fingerprint density at radius 1 is 0.976 bits per heavy atom. The molecule has 0 aliphatic heterocycles. The third kappa shape index (κ3) is 8.27. The van der Waals surface area contributed by atoms with Crippen LogP contribution in [0.4, 0.5) is 5.69 Å². The number of anilines is 1. The summed E-state index contributed by atoms with van der Waals surface area (Å²) in [5.41, 5.74) is 3.58. The molecule has 0 radical (unpaired) electrons. The zero-order valence-corrected chi connectivity index (χ0v) is 26.5. The van der Waals surface area contributed by atoms with E-state index in [-0.39, 0.29) is 24.9 Å². The van der Waals surface area contributed by atoms with Gasteiger partial charge in [-0.1, -0.05) is 90.1 Å². The predicted molar refractivity (Wildman–Crippen MR) is 169 cm³/mol. The molecule has 7 nitrogen and oxygen atoms in total. The normalized spacial score (nSPS) is 14.4. The molecule has 42 heavy (non-hydrogen) atoms. The summed E-state index contributed by atoms with van der Waals surface area (Å²) in [6.07, 6.45) is 5.17. The number of hydrogen-bond acceptors (Lipinski definition) is 4. The molecule has 3 aromatic rings. The minimum atomic E-state index is -3.85. The van der Waals surface area contributed by atoms with Gasteiger partial charge in [-0.3, -0.25) is 13.9 Å². The maximum absolute atomic E-state index is 14.3. The number of rotatable bonds is 11. The van der Waals surface area contributed by atoms with Crippen LogP contribution in [0.1, 0.15) is 47.9 Å². The van der Waals surface area contributed by atoms with E-state index in [4.69, 9.17) is 23.2 Å². The van der Waals surface area contributed by atoms with Crippen molar-refractivity contribution in [3.8, 4) is 0 Å². The Bertz CT molecular complexity index is 1530. The molecule has 2 amide bonds. The topological polar surface area (TPSA) is 86.8 Å². The van der Waals surface area contributed by atoms with Gasteiger partial charge in [-0.05, 0) is 61.6 Å². The smallest absolute Gasteiger partial charge is 0.244 e. The first-order valence-corrected chi connectivity index (χ1v) is 16.7. The first kappa shape index (κ1) is 31.9. The van der Waals surface area contributed by atoms with E-state index in [1.165, 1.54) is 4.90 Å². The fraction of sp³-hybridized carbons (Fsp3) is 0.375. The van der Waals surface area contributed by atoms with Gasteiger partial charge in [0.15, 0.2) is 0 Å². The van der Waals surface area contributed by atoms with E-state index in [0.29, 0.717) is 21.3 Å². The monoisotopic (exact) mass is 629 g/mol. The fourth-order valence-corrected chi connectivity index (χ4v) is 6.81. The van der Waals surface area contributed by atoms with E-state index < -0.39 is 28.5 Å². The van der Waals surface area contributed by atoms with Crippen molar-refractivity contribution < 1.29 is 18.0 Å². The lowest BCUT2D eigenvalue weighted by Crippen LogP contribution is -2.54. The molecular formula is C32H37Cl2N3O4S. The Hall–Kier alpha value is -3.07. The molecule has 0 unspecified atom stereocenters. The molecule has 1 atom stereocenters. The number of sulfonamides is 1. The van der Waals surface area contributed by atoms with Crippen molar-refractivity contribution in [1.29, 1.82) is 0 Å². The summed E-state index contributed by atoms with van der Waals surface area (Å²) < 4.78 is 27.2. The van der Waals surface area contributed by atoms with Crippen LogP contribution < -0.4 is 9.62 Å². The first-order chi connectivity index (χ1) is 19.9. The zero-order valence-electron chi connectivity index (χ0n) is 24.1. The molecule has 1 fully saturated rings. The van der Waals surface area contributed by atoms with Crippen LogP contribution >= 0.6 is 23.2 Å². The Kier molecular flexibility index (Phi) is 10.6. The third-order valence-electron chi connectivity index (χ3n) is 7.63. The largest absolute Gasteiger partial charge is 0.352 e. The number of halogens is 2. The summed E-state index contributed by atoms with van der Waals surface area (Å²) >= 11 is 12.7. The summed E-state index contributed by atoms with van der Waals surface area (Å²) in [4.78, 5) is 29.7. The molecule has 4 rings (SSSR count). The second-order valence-corrected chi connectivity index (χ2v) is 13.8. The van der Waals surface area contributed by atoms with Crippen LogP contribution in [0.2, 0.25) is 10.0 Å². The zero-order chi connectivity index (χ0) is 30.4. The number of nitrogens with zero attached hydrogens (tertiary/aromatic N) is 2. The summed E-state index contributed by atoms with van der Waals surface area (Å²) in [7, 11) is -3.85. The molecule has 1 N–H and O–H groups in total.